The topological polar surface area (TPSA) is 39.5 Å². The second-order valence-electron chi connectivity index (χ2n) is 2.46. The van der Waals surface area contributed by atoms with Crippen molar-refractivity contribution < 1.29 is 0 Å². The van der Waals surface area contributed by atoms with Gasteiger partial charge >= 0.3 is 0 Å². The summed E-state index contributed by atoms with van der Waals surface area (Å²) in [6.45, 7) is 5.56. The Hall–Kier alpha value is -1.64. The number of anilines is 1. The number of nitrogens with one attached hydrogen (secondary N) is 1. The molecule has 62 valence electrons. The Balaban J connectivity index is 2.94. The first kappa shape index (κ1) is 8.46. The Bertz CT molecular complexity index is 268. The van der Waals surface area contributed by atoms with Crippen molar-refractivity contribution in [1.29, 1.82) is 5.53 Å². The van der Waals surface area contributed by atoms with Gasteiger partial charge in [-0.3, -0.25) is 0 Å². The molecule has 1 aromatic carbocycles. The molecule has 0 radical (unpaired) electrons. The van der Waals surface area contributed by atoms with Crippen molar-refractivity contribution in [3.8, 4) is 0 Å². The normalized spacial score (nSPS) is 9.08. The molecule has 0 amide bonds. The zero-order valence-corrected chi connectivity index (χ0v) is 6.99. The lowest BCUT2D eigenvalue weighted by atomic mass is 10.2. The van der Waals surface area contributed by atoms with E-state index >= 15 is 0 Å². The first-order chi connectivity index (χ1) is 5.77. The van der Waals surface area contributed by atoms with Crippen molar-refractivity contribution in [3.05, 3.63) is 42.6 Å². The highest BCUT2D eigenvalue weighted by atomic mass is 15.5. The molecule has 0 bridgehead atoms. The average Bonchev–Trinajstić information content (AvgIpc) is 2.10. The molecule has 3 nitrogen and oxygen atoms in total. The molecule has 3 heteroatoms. The van der Waals surface area contributed by atoms with E-state index < -0.39 is 0 Å². The first-order valence-electron chi connectivity index (χ1n) is 3.64. The van der Waals surface area contributed by atoms with Gasteiger partial charge in [-0.15, -0.1) is 0 Å². The third-order valence-corrected chi connectivity index (χ3v) is 1.58. The summed E-state index contributed by atoms with van der Waals surface area (Å²) < 4.78 is 0. The summed E-state index contributed by atoms with van der Waals surface area (Å²) in [6.07, 6.45) is 1.50. The molecule has 0 heterocycles. The fourth-order valence-electron chi connectivity index (χ4n) is 0.901. The van der Waals surface area contributed by atoms with E-state index in [1.54, 1.807) is 0 Å². The predicted molar refractivity (Wildman–Crippen MR) is 49.0 cm³/mol. The standard InChI is InChI=1S/C9H11N3/c1-3-12(11-10)9-6-4-8(2)5-7-9/h3-7,10H,1H2,2H3. The average molecular weight is 161 g/mol. The van der Waals surface area contributed by atoms with Crippen LogP contribution in [0.2, 0.25) is 0 Å². The number of rotatable bonds is 3. The van der Waals surface area contributed by atoms with Crippen molar-refractivity contribution in [1.82, 2.24) is 0 Å². The van der Waals surface area contributed by atoms with Gasteiger partial charge in [-0.05, 0) is 19.1 Å². The maximum atomic E-state index is 6.83. The van der Waals surface area contributed by atoms with Crippen molar-refractivity contribution in [3.63, 3.8) is 0 Å². The van der Waals surface area contributed by atoms with Crippen LogP contribution in [0.15, 0.2) is 42.3 Å². The van der Waals surface area contributed by atoms with Crippen molar-refractivity contribution in [2.75, 3.05) is 5.01 Å². The number of benzene rings is 1. The van der Waals surface area contributed by atoms with Crippen LogP contribution in [-0.4, -0.2) is 0 Å². The van der Waals surface area contributed by atoms with Gasteiger partial charge in [0.2, 0.25) is 0 Å². The summed E-state index contributed by atoms with van der Waals surface area (Å²) in [5.41, 5.74) is 8.87. The molecule has 0 saturated heterocycles. The Morgan fingerprint density at radius 1 is 1.42 bits per heavy atom. The zero-order valence-electron chi connectivity index (χ0n) is 6.99. The Labute approximate surface area is 71.8 Å². The largest absolute Gasteiger partial charge is 0.224 e. The van der Waals surface area contributed by atoms with Crippen LogP contribution in [0.3, 0.4) is 0 Å². The van der Waals surface area contributed by atoms with Crippen LogP contribution in [0.4, 0.5) is 5.69 Å². The fraction of sp³-hybridized carbons (Fsp3) is 0.111. The molecule has 1 aromatic rings. The highest BCUT2D eigenvalue weighted by Crippen LogP contribution is 2.14. The summed E-state index contributed by atoms with van der Waals surface area (Å²) in [5, 5.41) is 4.67. The van der Waals surface area contributed by atoms with Gasteiger partial charge in [0.05, 0.1) is 5.69 Å². The second kappa shape index (κ2) is 3.67. The summed E-state index contributed by atoms with van der Waals surface area (Å²) in [5.74, 6) is 0. The highest BCUT2D eigenvalue weighted by molar-refractivity contribution is 5.48. The van der Waals surface area contributed by atoms with E-state index in [9.17, 15) is 0 Å². The maximum Gasteiger partial charge on any atom is 0.0662 e. The van der Waals surface area contributed by atoms with Gasteiger partial charge in [0.15, 0.2) is 0 Å². The molecular formula is C9H11N3. The quantitative estimate of drug-likeness (QED) is 0.537. The van der Waals surface area contributed by atoms with Gasteiger partial charge in [-0.25, -0.2) is 5.01 Å². The maximum absolute atomic E-state index is 6.83. The second-order valence-corrected chi connectivity index (χ2v) is 2.46. The predicted octanol–water partition coefficient (Wildman–Crippen LogP) is 2.89. The van der Waals surface area contributed by atoms with Crippen LogP contribution in [0.5, 0.6) is 0 Å². The van der Waals surface area contributed by atoms with Crippen molar-refractivity contribution in [2.45, 2.75) is 6.92 Å². The Morgan fingerprint density at radius 2 is 2.00 bits per heavy atom. The smallest absolute Gasteiger partial charge is 0.0662 e. The molecule has 0 aromatic heterocycles. The number of hydrogen-bond acceptors (Lipinski definition) is 2. The van der Waals surface area contributed by atoms with E-state index in [0.717, 1.165) is 5.69 Å². The zero-order chi connectivity index (χ0) is 8.97. The Morgan fingerprint density at radius 3 is 2.42 bits per heavy atom. The van der Waals surface area contributed by atoms with Gasteiger partial charge in [0, 0.05) is 6.20 Å². The van der Waals surface area contributed by atoms with Crippen LogP contribution in [0, 0.1) is 12.5 Å². The number of hydrogen-bond donors (Lipinski definition) is 1. The molecule has 12 heavy (non-hydrogen) atoms. The molecule has 1 rings (SSSR count). The van der Waals surface area contributed by atoms with Crippen LogP contribution < -0.4 is 5.01 Å². The van der Waals surface area contributed by atoms with E-state index in [-0.39, 0.29) is 0 Å². The molecule has 0 aliphatic rings. The van der Waals surface area contributed by atoms with Gasteiger partial charge in [-0.2, -0.15) is 5.53 Å². The van der Waals surface area contributed by atoms with Crippen LogP contribution >= 0.6 is 0 Å². The minimum atomic E-state index is 0.852. The third-order valence-electron chi connectivity index (χ3n) is 1.58. The highest BCUT2D eigenvalue weighted by Gasteiger charge is 1.97. The molecule has 0 aliphatic carbocycles. The minimum Gasteiger partial charge on any atom is -0.224 e. The van der Waals surface area contributed by atoms with Gasteiger partial charge in [-0.1, -0.05) is 29.5 Å². The molecule has 0 saturated carbocycles. The van der Waals surface area contributed by atoms with Gasteiger partial charge in [0.25, 0.3) is 0 Å². The van der Waals surface area contributed by atoms with Gasteiger partial charge < -0.3 is 0 Å². The summed E-state index contributed by atoms with van der Waals surface area (Å²) >= 11 is 0. The lowest BCUT2D eigenvalue weighted by molar-refractivity contribution is 0.916. The fourth-order valence-corrected chi connectivity index (χ4v) is 0.901. The van der Waals surface area contributed by atoms with E-state index in [4.69, 9.17) is 5.53 Å². The van der Waals surface area contributed by atoms with E-state index in [2.05, 4.69) is 11.8 Å². The summed E-state index contributed by atoms with van der Waals surface area (Å²) in [4.78, 5) is 0. The lowest BCUT2D eigenvalue weighted by Gasteiger charge is -2.10. The minimum absolute atomic E-state index is 0.852. The Kier molecular flexibility index (Phi) is 2.58. The summed E-state index contributed by atoms with van der Waals surface area (Å²) in [6, 6.07) is 7.73. The van der Waals surface area contributed by atoms with Gasteiger partial charge in [0.1, 0.15) is 0 Å². The molecule has 1 N–H and O–H groups in total. The summed E-state index contributed by atoms with van der Waals surface area (Å²) in [7, 11) is 0. The first-order valence-corrected chi connectivity index (χ1v) is 3.64. The van der Waals surface area contributed by atoms with Crippen LogP contribution in [0.1, 0.15) is 5.56 Å². The van der Waals surface area contributed by atoms with E-state index in [0.29, 0.717) is 0 Å². The lowest BCUT2D eigenvalue weighted by Crippen LogP contribution is -2.04. The molecular weight excluding hydrogens is 150 g/mol. The third kappa shape index (κ3) is 1.69. The van der Waals surface area contributed by atoms with Crippen molar-refractivity contribution in [2.24, 2.45) is 5.22 Å². The molecule has 0 unspecified atom stereocenters. The number of aryl methyl sites for hydroxylation is 1. The SMILES string of the molecule is C=CN(N=N)c1ccc(C)cc1. The van der Waals surface area contributed by atoms with Crippen LogP contribution in [0.25, 0.3) is 0 Å². The van der Waals surface area contributed by atoms with E-state index in [1.807, 2.05) is 31.2 Å². The molecule has 0 atom stereocenters. The molecule has 0 fully saturated rings. The monoisotopic (exact) mass is 161 g/mol. The van der Waals surface area contributed by atoms with Crippen molar-refractivity contribution >= 4 is 5.69 Å². The molecule has 0 spiro atoms. The molecule has 0 aliphatic heterocycles. The number of nitrogens with zero attached hydrogens (tertiary/aromatic N) is 2. The van der Waals surface area contributed by atoms with E-state index in [1.165, 1.54) is 16.8 Å². The van der Waals surface area contributed by atoms with Crippen LogP contribution in [-0.2, 0) is 0 Å².